The Morgan fingerprint density at radius 3 is 2.30 bits per heavy atom. The molecule has 1 saturated carbocycles. The quantitative estimate of drug-likeness (QED) is 0.519. The minimum atomic E-state index is 0.0700. The highest BCUT2D eigenvalue weighted by Gasteiger charge is 2.34. The second kappa shape index (κ2) is 9.11. The van der Waals surface area contributed by atoms with E-state index in [4.69, 9.17) is 0 Å². The van der Waals surface area contributed by atoms with Crippen LogP contribution in [0.4, 0.5) is 0 Å². The van der Waals surface area contributed by atoms with E-state index >= 15 is 0 Å². The Labute approximate surface area is 143 Å². The average Bonchev–Trinajstić information content (AvgIpc) is 2.60. The zero-order chi connectivity index (χ0) is 16.5. The summed E-state index contributed by atoms with van der Waals surface area (Å²) in [5, 5.41) is 9.77. The molecule has 0 radical (unpaired) electrons. The molecule has 1 aromatic carbocycles. The van der Waals surface area contributed by atoms with Gasteiger partial charge in [0.2, 0.25) is 0 Å². The summed E-state index contributed by atoms with van der Waals surface area (Å²) in [6.45, 7) is 4.50. The van der Waals surface area contributed by atoms with Gasteiger partial charge >= 0.3 is 0 Å². The normalized spacial score (nSPS) is 18.3. The van der Waals surface area contributed by atoms with Gasteiger partial charge in [-0.25, -0.2) is 0 Å². The molecule has 1 nitrogen and oxygen atoms in total. The summed E-state index contributed by atoms with van der Waals surface area (Å²) in [5.74, 6) is 0.0700. The van der Waals surface area contributed by atoms with E-state index in [1.165, 1.54) is 68.9 Å². The smallest absolute Gasteiger partial charge is 0.0718 e. The van der Waals surface area contributed by atoms with Crippen LogP contribution in [0.2, 0.25) is 0 Å². The lowest BCUT2D eigenvalue weighted by Crippen LogP contribution is -2.26. The molecule has 1 atom stereocenters. The van der Waals surface area contributed by atoms with Crippen LogP contribution in [0.15, 0.2) is 24.3 Å². The van der Waals surface area contributed by atoms with Gasteiger partial charge < -0.3 is 0 Å². The molecule has 0 heterocycles. The SMILES string of the molecule is CCCCC1(CC(C#N)c2ccc(CCC)cc2)CCCCC1. The van der Waals surface area contributed by atoms with Gasteiger partial charge in [0.15, 0.2) is 0 Å². The van der Waals surface area contributed by atoms with E-state index in [-0.39, 0.29) is 5.92 Å². The van der Waals surface area contributed by atoms with E-state index in [2.05, 4.69) is 44.2 Å². The Bertz CT molecular complexity index is 488. The minimum Gasteiger partial charge on any atom is -0.198 e. The van der Waals surface area contributed by atoms with Crippen molar-refractivity contribution in [2.45, 2.75) is 90.4 Å². The van der Waals surface area contributed by atoms with Crippen molar-refractivity contribution >= 4 is 0 Å². The van der Waals surface area contributed by atoms with Gasteiger partial charge in [-0.1, -0.05) is 76.6 Å². The lowest BCUT2D eigenvalue weighted by molar-refractivity contribution is 0.148. The van der Waals surface area contributed by atoms with Crippen LogP contribution < -0.4 is 0 Å². The van der Waals surface area contributed by atoms with Crippen molar-refractivity contribution in [2.24, 2.45) is 5.41 Å². The van der Waals surface area contributed by atoms with E-state index in [0.29, 0.717) is 5.41 Å². The lowest BCUT2D eigenvalue weighted by atomic mass is 9.66. The zero-order valence-electron chi connectivity index (χ0n) is 15.1. The number of aryl methyl sites for hydroxylation is 1. The third-order valence-electron chi connectivity index (χ3n) is 5.69. The maximum Gasteiger partial charge on any atom is 0.0718 e. The van der Waals surface area contributed by atoms with Crippen molar-refractivity contribution in [3.05, 3.63) is 35.4 Å². The Hall–Kier alpha value is -1.29. The molecule has 0 spiro atoms. The maximum absolute atomic E-state index is 9.77. The zero-order valence-corrected chi connectivity index (χ0v) is 15.1. The van der Waals surface area contributed by atoms with Crippen molar-refractivity contribution in [1.82, 2.24) is 0 Å². The predicted octanol–water partition coefficient (Wildman–Crippen LogP) is 6.78. The highest BCUT2D eigenvalue weighted by molar-refractivity contribution is 5.29. The van der Waals surface area contributed by atoms with Gasteiger partial charge in [0.05, 0.1) is 12.0 Å². The number of rotatable bonds is 8. The van der Waals surface area contributed by atoms with Crippen molar-refractivity contribution in [3.63, 3.8) is 0 Å². The Balaban J connectivity index is 2.10. The first-order valence-corrected chi connectivity index (χ1v) is 9.71. The fraction of sp³-hybridized carbons (Fsp3) is 0.682. The molecule has 23 heavy (non-hydrogen) atoms. The Morgan fingerprint density at radius 2 is 1.74 bits per heavy atom. The third-order valence-corrected chi connectivity index (χ3v) is 5.69. The summed E-state index contributed by atoms with van der Waals surface area (Å²) in [4.78, 5) is 0. The van der Waals surface area contributed by atoms with Crippen LogP contribution in [-0.4, -0.2) is 0 Å². The fourth-order valence-corrected chi connectivity index (χ4v) is 4.29. The fourth-order valence-electron chi connectivity index (χ4n) is 4.29. The summed E-state index contributed by atoms with van der Waals surface area (Å²) in [6.07, 6.45) is 14.0. The lowest BCUT2D eigenvalue weighted by Gasteiger charge is -2.39. The molecule has 1 fully saturated rings. The van der Waals surface area contributed by atoms with Crippen LogP contribution in [0.1, 0.15) is 95.1 Å². The van der Waals surface area contributed by atoms with Gasteiger partial charge in [-0.15, -0.1) is 0 Å². The van der Waals surface area contributed by atoms with Crippen molar-refractivity contribution in [3.8, 4) is 6.07 Å². The van der Waals surface area contributed by atoms with Gasteiger partial charge in [0, 0.05) is 0 Å². The number of nitrogens with zero attached hydrogens (tertiary/aromatic N) is 1. The maximum atomic E-state index is 9.77. The average molecular weight is 312 g/mol. The van der Waals surface area contributed by atoms with E-state index < -0.39 is 0 Å². The predicted molar refractivity (Wildman–Crippen MR) is 98.5 cm³/mol. The second-order valence-corrected chi connectivity index (χ2v) is 7.54. The summed E-state index contributed by atoms with van der Waals surface area (Å²) in [5.41, 5.74) is 3.05. The molecule has 0 aromatic heterocycles. The number of benzene rings is 1. The van der Waals surface area contributed by atoms with E-state index in [9.17, 15) is 5.26 Å². The molecule has 1 heteroatoms. The first-order valence-electron chi connectivity index (χ1n) is 9.71. The molecule has 1 aromatic rings. The van der Waals surface area contributed by atoms with E-state index in [1.807, 2.05) is 0 Å². The standard InChI is InChI=1S/C22H33N/c1-3-5-14-22(15-7-6-8-16-22)17-21(18-23)20-12-10-19(9-4-2)11-13-20/h10-13,21H,3-9,14-17H2,1-2H3. The molecule has 126 valence electrons. The van der Waals surface area contributed by atoms with Gasteiger partial charge in [0.25, 0.3) is 0 Å². The topological polar surface area (TPSA) is 23.8 Å². The molecular weight excluding hydrogens is 278 g/mol. The third kappa shape index (κ3) is 5.10. The molecule has 0 aliphatic heterocycles. The molecular formula is C22H33N. The van der Waals surface area contributed by atoms with Crippen LogP contribution in [0.3, 0.4) is 0 Å². The molecule has 0 N–H and O–H groups in total. The van der Waals surface area contributed by atoms with Gasteiger partial charge in [-0.05, 0) is 48.6 Å². The highest BCUT2D eigenvalue weighted by Crippen LogP contribution is 2.47. The molecule has 1 unspecified atom stereocenters. The number of unbranched alkanes of at least 4 members (excludes halogenated alkanes) is 1. The molecule has 1 aliphatic rings. The van der Waals surface area contributed by atoms with Crippen LogP contribution in [-0.2, 0) is 6.42 Å². The van der Waals surface area contributed by atoms with E-state index in [1.54, 1.807) is 0 Å². The largest absolute Gasteiger partial charge is 0.198 e. The monoisotopic (exact) mass is 311 g/mol. The molecule has 1 aliphatic carbocycles. The molecule has 0 amide bonds. The van der Waals surface area contributed by atoms with E-state index in [0.717, 1.165) is 12.8 Å². The molecule has 0 bridgehead atoms. The summed E-state index contributed by atoms with van der Waals surface area (Å²) in [6, 6.07) is 11.5. The van der Waals surface area contributed by atoms with Crippen LogP contribution >= 0.6 is 0 Å². The summed E-state index contributed by atoms with van der Waals surface area (Å²) >= 11 is 0. The Morgan fingerprint density at radius 1 is 1.04 bits per heavy atom. The summed E-state index contributed by atoms with van der Waals surface area (Å²) < 4.78 is 0. The van der Waals surface area contributed by atoms with Crippen LogP contribution in [0.25, 0.3) is 0 Å². The van der Waals surface area contributed by atoms with Gasteiger partial charge in [0.1, 0.15) is 0 Å². The number of nitriles is 1. The first-order chi connectivity index (χ1) is 11.2. The van der Waals surface area contributed by atoms with Gasteiger partial charge in [-0.2, -0.15) is 5.26 Å². The first kappa shape index (κ1) is 18.1. The number of hydrogen-bond acceptors (Lipinski definition) is 1. The summed E-state index contributed by atoms with van der Waals surface area (Å²) in [7, 11) is 0. The van der Waals surface area contributed by atoms with Crippen LogP contribution in [0, 0.1) is 16.7 Å². The molecule has 0 saturated heterocycles. The Kier molecular flexibility index (Phi) is 7.15. The minimum absolute atomic E-state index is 0.0700. The van der Waals surface area contributed by atoms with Gasteiger partial charge in [-0.3, -0.25) is 0 Å². The second-order valence-electron chi connectivity index (χ2n) is 7.54. The highest BCUT2D eigenvalue weighted by atomic mass is 14.4. The van der Waals surface area contributed by atoms with Crippen molar-refractivity contribution < 1.29 is 0 Å². The van der Waals surface area contributed by atoms with Crippen molar-refractivity contribution in [2.75, 3.05) is 0 Å². The van der Waals surface area contributed by atoms with Crippen molar-refractivity contribution in [1.29, 1.82) is 5.26 Å². The van der Waals surface area contributed by atoms with Crippen LogP contribution in [0.5, 0.6) is 0 Å². The number of hydrogen-bond donors (Lipinski definition) is 0. The molecule has 2 rings (SSSR count).